The summed E-state index contributed by atoms with van der Waals surface area (Å²) in [6.07, 6.45) is -4.72. The van der Waals surface area contributed by atoms with Crippen molar-refractivity contribution in [2.24, 2.45) is 0 Å². The number of thioether (sulfide) groups is 1. The van der Waals surface area contributed by atoms with E-state index in [1.165, 1.54) is 14.0 Å². The number of carbonyl (C=O) groups excluding carboxylic acids is 3. The number of carbonyl (C=O) groups is 3. The molecule has 2 aromatic rings. The van der Waals surface area contributed by atoms with Crippen molar-refractivity contribution in [3.8, 4) is 0 Å². The number of aliphatic hydroxyl groups excluding tert-OH is 1. The molecule has 2 aromatic carbocycles. The zero-order valence-electron chi connectivity index (χ0n) is 23.1. The van der Waals surface area contributed by atoms with Crippen LogP contribution in [0.1, 0.15) is 43.1 Å². The number of hydrogen-bond acceptors (Lipinski definition) is 10. The molecule has 0 radical (unpaired) electrons. The third-order valence-corrected chi connectivity index (χ3v) is 8.00. The Morgan fingerprint density at radius 3 is 2.33 bits per heavy atom. The Morgan fingerprint density at radius 1 is 1.07 bits per heavy atom. The van der Waals surface area contributed by atoms with E-state index >= 15 is 0 Å². The molecule has 2 heterocycles. The maximum absolute atomic E-state index is 13.4. The van der Waals surface area contributed by atoms with E-state index in [1.807, 2.05) is 31.2 Å². The zero-order chi connectivity index (χ0) is 29.1. The largest absolute Gasteiger partial charge is 0.466 e. The predicted molar refractivity (Wildman–Crippen MR) is 145 cm³/mol. The molecule has 4 rings (SSSR count). The molecule has 2 N–H and O–H groups in total. The molecule has 40 heavy (non-hydrogen) atoms. The zero-order valence-corrected chi connectivity index (χ0v) is 23.9. The van der Waals surface area contributed by atoms with E-state index in [4.69, 9.17) is 23.7 Å². The van der Waals surface area contributed by atoms with Gasteiger partial charge in [0, 0.05) is 18.2 Å². The summed E-state index contributed by atoms with van der Waals surface area (Å²) < 4.78 is 29.1. The fraction of sp³-hybridized carbons (Fsp3) is 0.483. The van der Waals surface area contributed by atoms with E-state index in [0.29, 0.717) is 4.90 Å². The number of benzene rings is 2. The highest BCUT2D eigenvalue weighted by Gasteiger charge is 2.58. The van der Waals surface area contributed by atoms with Gasteiger partial charge in [-0.1, -0.05) is 47.7 Å². The number of nitrogens with one attached hydrogen (secondary N) is 1. The average molecular weight is 574 g/mol. The van der Waals surface area contributed by atoms with Gasteiger partial charge in [-0.05, 0) is 45.0 Å². The van der Waals surface area contributed by atoms with E-state index in [-0.39, 0.29) is 18.6 Å². The van der Waals surface area contributed by atoms with Gasteiger partial charge in [0.25, 0.3) is 0 Å². The molecular formula is C29H35NO9S. The molecule has 6 atom stereocenters. The Labute approximate surface area is 237 Å². The Balaban J connectivity index is 1.77. The standard InChI is InChI=1S/C29H35NO9S/c1-17-11-13-20(14-12-17)40-29(27(34)35-5)15-21(37-26(33)19-9-7-6-8-10-19)23(30-18(2)31)25(39-29)24(32)22-16-36-28(3,4)38-22/h6-14,21-25,32H,15-16H2,1-5H3,(H,30,31)/t21-,22+,23+,24+,25+,29-/m0/s1. The second-order valence-corrected chi connectivity index (χ2v) is 11.7. The third-order valence-electron chi connectivity index (χ3n) is 6.74. The van der Waals surface area contributed by atoms with Crippen LogP contribution in [0.2, 0.25) is 0 Å². The van der Waals surface area contributed by atoms with Crippen LogP contribution in [0.25, 0.3) is 0 Å². The van der Waals surface area contributed by atoms with E-state index < -0.39 is 59.0 Å². The molecule has 11 heteroatoms. The van der Waals surface area contributed by atoms with Crippen molar-refractivity contribution in [2.75, 3.05) is 13.7 Å². The maximum atomic E-state index is 13.4. The van der Waals surface area contributed by atoms with Crippen LogP contribution in [0.4, 0.5) is 0 Å². The van der Waals surface area contributed by atoms with Gasteiger partial charge in [0.15, 0.2) is 5.79 Å². The minimum Gasteiger partial charge on any atom is -0.466 e. The number of amides is 1. The first-order valence-electron chi connectivity index (χ1n) is 13.0. The van der Waals surface area contributed by atoms with Gasteiger partial charge in [-0.2, -0.15) is 0 Å². The summed E-state index contributed by atoms with van der Waals surface area (Å²) in [5.41, 5.74) is 1.31. The average Bonchev–Trinajstić information content (AvgIpc) is 3.30. The summed E-state index contributed by atoms with van der Waals surface area (Å²) in [5, 5.41) is 14.3. The molecule has 2 aliphatic heterocycles. The summed E-state index contributed by atoms with van der Waals surface area (Å²) in [5.74, 6) is -2.79. The number of aryl methyl sites for hydroxylation is 1. The molecule has 0 aromatic heterocycles. The molecule has 0 saturated carbocycles. The molecule has 2 fully saturated rings. The Hall–Kier alpha value is -2.96. The number of esters is 2. The fourth-order valence-electron chi connectivity index (χ4n) is 4.82. The van der Waals surface area contributed by atoms with Crippen LogP contribution in [0, 0.1) is 6.92 Å². The molecule has 10 nitrogen and oxygen atoms in total. The van der Waals surface area contributed by atoms with E-state index in [9.17, 15) is 19.5 Å². The lowest BCUT2D eigenvalue weighted by Gasteiger charge is -2.48. The lowest BCUT2D eigenvalue weighted by atomic mass is 9.89. The minimum absolute atomic E-state index is 0.0472. The second kappa shape index (κ2) is 12.3. The van der Waals surface area contributed by atoms with Crippen LogP contribution in [0.3, 0.4) is 0 Å². The molecule has 0 aliphatic carbocycles. The number of aliphatic hydroxyl groups is 1. The molecule has 0 bridgehead atoms. The number of hydrogen-bond donors (Lipinski definition) is 2. The fourth-order valence-corrected chi connectivity index (χ4v) is 6.04. The first-order valence-corrected chi connectivity index (χ1v) is 13.8. The summed E-state index contributed by atoms with van der Waals surface area (Å²) in [4.78, 5) is 37.9. The molecule has 216 valence electrons. The Kier molecular flexibility index (Phi) is 9.21. The number of rotatable bonds is 8. The first-order chi connectivity index (χ1) is 18.9. The van der Waals surface area contributed by atoms with Gasteiger partial charge in [0.2, 0.25) is 10.8 Å². The van der Waals surface area contributed by atoms with Crippen LogP contribution in [-0.4, -0.2) is 77.8 Å². The number of ether oxygens (including phenoxy) is 5. The normalized spacial score (nSPS) is 28.4. The van der Waals surface area contributed by atoms with E-state index in [2.05, 4.69) is 5.32 Å². The van der Waals surface area contributed by atoms with E-state index in [0.717, 1.165) is 17.3 Å². The summed E-state index contributed by atoms with van der Waals surface area (Å²) in [6, 6.07) is 14.8. The highest BCUT2D eigenvalue weighted by Crippen LogP contribution is 2.46. The summed E-state index contributed by atoms with van der Waals surface area (Å²) in [7, 11) is 1.23. The summed E-state index contributed by atoms with van der Waals surface area (Å²) >= 11 is 1.08. The third kappa shape index (κ3) is 6.84. The van der Waals surface area contributed by atoms with Gasteiger partial charge in [-0.15, -0.1) is 0 Å². The lowest BCUT2D eigenvalue weighted by Crippen LogP contribution is -2.67. The second-order valence-electron chi connectivity index (χ2n) is 10.3. The predicted octanol–water partition coefficient (Wildman–Crippen LogP) is 2.99. The van der Waals surface area contributed by atoms with Crippen LogP contribution < -0.4 is 5.32 Å². The van der Waals surface area contributed by atoms with Crippen LogP contribution >= 0.6 is 11.8 Å². The van der Waals surface area contributed by atoms with Crippen molar-refractivity contribution < 1.29 is 43.2 Å². The quantitative estimate of drug-likeness (QED) is 0.455. The van der Waals surface area contributed by atoms with Gasteiger partial charge >= 0.3 is 11.9 Å². The SMILES string of the molecule is COC(=O)[C@@]1(Sc2ccc(C)cc2)C[C@H](OC(=O)c2ccccc2)[C@@H](NC(C)=O)[C@H]([C@H](O)[C@H]2COC(C)(C)O2)O1. The van der Waals surface area contributed by atoms with Gasteiger partial charge in [0.05, 0.1) is 25.3 Å². The molecule has 2 aliphatic rings. The molecular weight excluding hydrogens is 538 g/mol. The first kappa shape index (κ1) is 30.0. The van der Waals surface area contributed by atoms with Crippen LogP contribution in [0.15, 0.2) is 59.5 Å². The van der Waals surface area contributed by atoms with Crippen molar-refractivity contribution >= 4 is 29.6 Å². The van der Waals surface area contributed by atoms with Crippen molar-refractivity contribution in [3.05, 3.63) is 65.7 Å². The molecule has 0 unspecified atom stereocenters. The van der Waals surface area contributed by atoms with Crippen LogP contribution in [0.5, 0.6) is 0 Å². The topological polar surface area (TPSA) is 130 Å². The van der Waals surface area contributed by atoms with Crippen molar-refractivity contribution in [1.29, 1.82) is 0 Å². The highest BCUT2D eigenvalue weighted by molar-refractivity contribution is 8.01. The molecule has 0 spiro atoms. The van der Waals surface area contributed by atoms with Gasteiger partial charge in [-0.25, -0.2) is 9.59 Å². The van der Waals surface area contributed by atoms with Crippen LogP contribution in [-0.2, 0) is 33.3 Å². The lowest BCUT2D eigenvalue weighted by molar-refractivity contribution is -0.213. The Morgan fingerprint density at radius 2 is 1.75 bits per heavy atom. The monoisotopic (exact) mass is 573 g/mol. The summed E-state index contributed by atoms with van der Waals surface area (Å²) in [6.45, 7) is 6.72. The van der Waals surface area contributed by atoms with Crippen molar-refractivity contribution in [2.45, 2.75) is 80.2 Å². The van der Waals surface area contributed by atoms with E-state index in [1.54, 1.807) is 44.2 Å². The van der Waals surface area contributed by atoms with Gasteiger partial charge < -0.3 is 34.1 Å². The van der Waals surface area contributed by atoms with Crippen molar-refractivity contribution in [3.63, 3.8) is 0 Å². The van der Waals surface area contributed by atoms with Gasteiger partial charge in [0.1, 0.15) is 24.4 Å². The van der Waals surface area contributed by atoms with Crippen molar-refractivity contribution in [1.82, 2.24) is 5.32 Å². The maximum Gasteiger partial charge on any atom is 0.349 e. The number of methoxy groups -OCH3 is 1. The molecule has 1 amide bonds. The minimum atomic E-state index is -1.73. The van der Waals surface area contributed by atoms with Gasteiger partial charge in [-0.3, -0.25) is 4.79 Å². The highest BCUT2D eigenvalue weighted by atomic mass is 32.2. The Bertz CT molecular complexity index is 1210. The molecule has 2 saturated heterocycles. The smallest absolute Gasteiger partial charge is 0.349 e.